The number of halogens is 3. The number of aromatic nitrogens is 2. The van der Waals surface area contributed by atoms with Gasteiger partial charge in [0.2, 0.25) is 0 Å². The van der Waals surface area contributed by atoms with Crippen molar-refractivity contribution in [1.29, 1.82) is 0 Å². The molecule has 1 aromatic carbocycles. The quantitative estimate of drug-likeness (QED) is 0.743. The Morgan fingerprint density at radius 2 is 2.10 bits per heavy atom. The summed E-state index contributed by atoms with van der Waals surface area (Å²) in [5, 5.41) is 7.63. The van der Waals surface area contributed by atoms with Gasteiger partial charge in [-0.1, -0.05) is 30.8 Å². The fourth-order valence-corrected chi connectivity index (χ4v) is 3.37. The SMILES string of the molecule is CCc1nn(C)c(CNc2ccccc2SC(F)F)c1Br. The van der Waals surface area contributed by atoms with Gasteiger partial charge in [0, 0.05) is 17.6 Å². The maximum absolute atomic E-state index is 12.6. The second-order valence-electron chi connectivity index (χ2n) is 4.41. The van der Waals surface area contributed by atoms with Gasteiger partial charge < -0.3 is 5.32 Å². The first-order valence-corrected chi connectivity index (χ1v) is 8.18. The molecule has 0 unspecified atom stereocenters. The minimum Gasteiger partial charge on any atom is -0.378 e. The molecule has 2 aromatic rings. The lowest BCUT2D eigenvalue weighted by molar-refractivity contribution is 0.252. The van der Waals surface area contributed by atoms with Crippen LogP contribution >= 0.6 is 27.7 Å². The van der Waals surface area contributed by atoms with E-state index < -0.39 is 5.76 Å². The first kappa shape index (κ1) is 16.3. The monoisotopic (exact) mass is 375 g/mol. The molecule has 1 aromatic heterocycles. The molecule has 0 aliphatic carbocycles. The lowest BCUT2D eigenvalue weighted by Gasteiger charge is -2.11. The Labute approximate surface area is 135 Å². The Hall–Kier alpha value is -1.08. The van der Waals surface area contributed by atoms with Gasteiger partial charge in [0.1, 0.15) is 0 Å². The third-order valence-corrected chi connectivity index (χ3v) is 4.76. The molecule has 2 rings (SSSR count). The minimum atomic E-state index is -2.43. The number of hydrogen-bond acceptors (Lipinski definition) is 3. The topological polar surface area (TPSA) is 29.9 Å². The van der Waals surface area contributed by atoms with Crippen molar-refractivity contribution in [2.45, 2.75) is 30.5 Å². The van der Waals surface area contributed by atoms with Crippen LogP contribution in [0.15, 0.2) is 33.6 Å². The summed E-state index contributed by atoms with van der Waals surface area (Å²) < 4.78 is 27.9. The van der Waals surface area contributed by atoms with Crippen LogP contribution in [0.2, 0.25) is 0 Å². The number of benzene rings is 1. The lowest BCUT2D eigenvalue weighted by atomic mass is 10.3. The highest BCUT2D eigenvalue weighted by atomic mass is 79.9. The van der Waals surface area contributed by atoms with Crippen LogP contribution in [0.4, 0.5) is 14.5 Å². The fraction of sp³-hybridized carbons (Fsp3) is 0.357. The van der Waals surface area contributed by atoms with Crippen LogP contribution in [0.3, 0.4) is 0 Å². The molecule has 0 radical (unpaired) electrons. The van der Waals surface area contributed by atoms with Crippen molar-refractivity contribution in [3.63, 3.8) is 0 Å². The Kier molecular flexibility index (Phi) is 5.64. The van der Waals surface area contributed by atoms with Crippen molar-refractivity contribution >= 4 is 33.4 Å². The number of nitrogens with one attached hydrogen (secondary N) is 1. The van der Waals surface area contributed by atoms with Crippen molar-refractivity contribution in [2.24, 2.45) is 7.05 Å². The van der Waals surface area contributed by atoms with Crippen LogP contribution in [-0.4, -0.2) is 15.5 Å². The van der Waals surface area contributed by atoms with Crippen molar-refractivity contribution in [2.75, 3.05) is 5.32 Å². The van der Waals surface area contributed by atoms with Crippen LogP contribution in [-0.2, 0) is 20.0 Å². The second kappa shape index (κ2) is 7.26. The molecule has 21 heavy (non-hydrogen) atoms. The van der Waals surface area contributed by atoms with Gasteiger partial charge in [0.05, 0.1) is 22.4 Å². The number of para-hydroxylation sites is 1. The van der Waals surface area contributed by atoms with Gasteiger partial charge in [-0.25, -0.2) is 0 Å². The summed E-state index contributed by atoms with van der Waals surface area (Å²) in [4.78, 5) is 0.543. The summed E-state index contributed by atoms with van der Waals surface area (Å²) in [6, 6.07) is 7.07. The predicted octanol–water partition coefficient (Wildman–Crippen LogP) is 4.67. The molecule has 114 valence electrons. The van der Waals surface area contributed by atoms with E-state index >= 15 is 0 Å². The standard InChI is InChI=1S/C14H16BrF2N3S/c1-3-9-13(15)11(20(2)19-9)8-18-10-6-4-5-7-12(10)21-14(16)17/h4-7,14,18H,3,8H2,1-2H3. The summed E-state index contributed by atoms with van der Waals surface area (Å²) >= 11 is 4.09. The molecule has 0 aliphatic rings. The molecule has 0 bridgehead atoms. The third-order valence-electron chi connectivity index (χ3n) is 3.05. The van der Waals surface area contributed by atoms with Crippen LogP contribution in [0.25, 0.3) is 0 Å². The zero-order valence-electron chi connectivity index (χ0n) is 11.7. The highest BCUT2D eigenvalue weighted by Gasteiger charge is 2.14. The molecular formula is C14H16BrF2N3S. The lowest BCUT2D eigenvalue weighted by Crippen LogP contribution is -2.06. The third kappa shape index (κ3) is 3.97. The van der Waals surface area contributed by atoms with Gasteiger partial charge in [-0.15, -0.1) is 0 Å². The average molecular weight is 376 g/mol. The predicted molar refractivity (Wildman–Crippen MR) is 85.9 cm³/mol. The second-order valence-corrected chi connectivity index (χ2v) is 6.24. The van der Waals surface area contributed by atoms with Crippen LogP contribution in [0, 0.1) is 0 Å². The number of aryl methyl sites for hydroxylation is 2. The summed E-state index contributed by atoms with van der Waals surface area (Å²) in [6.45, 7) is 2.56. The molecule has 0 aliphatic heterocycles. The molecule has 0 amide bonds. The van der Waals surface area contributed by atoms with Gasteiger partial charge >= 0.3 is 0 Å². The molecule has 0 saturated carbocycles. The fourth-order valence-electron chi connectivity index (χ4n) is 2.00. The number of alkyl halides is 2. The highest BCUT2D eigenvalue weighted by molar-refractivity contribution is 9.10. The molecule has 7 heteroatoms. The van der Waals surface area contributed by atoms with E-state index in [0.29, 0.717) is 28.9 Å². The summed E-state index contributed by atoms with van der Waals surface area (Å²) in [5.41, 5.74) is 2.68. The number of anilines is 1. The van der Waals surface area contributed by atoms with Crippen LogP contribution < -0.4 is 5.32 Å². The molecule has 1 N–H and O–H groups in total. The van der Waals surface area contributed by atoms with Gasteiger partial charge in [-0.2, -0.15) is 13.9 Å². The van der Waals surface area contributed by atoms with Crippen molar-refractivity contribution in [1.82, 2.24) is 9.78 Å². The Bertz CT molecular complexity index is 616. The maximum atomic E-state index is 12.6. The molecule has 1 heterocycles. The number of hydrogen-bond donors (Lipinski definition) is 1. The largest absolute Gasteiger partial charge is 0.378 e. The molecule has 0 atom stereocenters. The van der Waals surface area contributed by atoms with E-state index in [1.807, 2.05) is 20.0 Å². The van der Waals surface area contributed by atoms with E-state index in [2.05, 4.69) is 26.3 Å². The summed E-state index contributed by atoms with van der Waals surface area (Å²) in [6.07, 6.45) is 0.840. The van der Waals surface area contributed by atoms with Crippen LogP contribution in [0.1, 0.15) is 18.3 Å². The van der Waals surface area contributed by atoms with Gasteiger partial charge in [0.15, 0.2) is 0 Å². The van der Waals surface area contributed by atoms with E-state index in [1.165, 1.54) is 0 Å². The minimum absolute atomic E-state index is 0.519. The first-order valence-electron chi connectivity index (χ1n) is 6.50. The smallest absolute Gasteiger partial charge is 0.288 e. The summed E-state index contributed by atoms with van der Waals surface area (Å²) in [5.74, 6) is -2.43. The number of rotatable bonds is 6. The average Bonchev–Trinajstić information content (AvgIpc) is 2.72. The highest BCUT2D eigenvalue weighted by Crippen LogP contribution is 2.32. The van der Waals surface area contributed by atoms with E-state index in [1.54, 1.807) is 22.9 Å². The molecular weight excluding hydrogens is 360 g/mol. The van der Waals surface area contributed by atoms with E-state index in [4.69, 9.17) is 0 Å². The first-order chi connectivity index (χ1) is 10.0. The number of nitrogens with zero attached hydrogens (tertiary/aromatic N) is 2. The van der Waals surface area contributed by atoms with Crippen LogP contribution in [0.5, 0.6) is 0 Å². The summed E-state index contributed by atoms with van der Waals surface area (Å²) in [7, 11) is 1.88. The normalized spacial score (nSPS) is 11.1. The molecule has 0 saturated heterocycles. The molecule has 0 spiro atoms. The molecule has 0 fully saturated rings. The van der Waals surface area contributed by atoms with Gasteiger partial charge in [-0.05, 0) is 34.5 Å². The Balaban J connectivity index is 2.15. The van der Waals surface area contributed by atoms with Gasteiger partial charge in [-0.3, -0.25) is 4.68 Å². The maximum Gasteiger partial charge on any atom is 0.288 e. The van der Waals surface area contributed by atoms with Crippen molar-refractivity contribution in [3.05, 3.63) is 40.1 Å². The van der Waals surface area contributed by atoms with Crippen molar-refractivity contribution in [3.8, 4) is 0 Å². The van der Waals surface area contributed by atoms with E-state index in [0.717, 1.165) is 22.3 Å². The van der Waals surface area contributed by atoms with E-state index in [-0.39, 0.29) is 0 Å². The Morgan fingerprint density at radius 3 is 2.71 bits per heavy atom. The van der Waals surface area contributed by atoms with E-state index in [9.17, 15) is 8.78 Å². The van der Waals surface area contributed by atoms with Crippen molar-refractivity contribution < 1.29 is 8.78 Å². The zero-order valence-corrected chi connectivity index (χ0v) is 14.1. The number of thioether (sulfide) groups is 1. The molecule has 3 nitrogen and oxygen atoms in total. The Morgan fingerprint density at radius 1 is 1.38 bits per heavy atom. The zero-order chi connectivity index (χ0) is 15.4. The van der Waals surface area contributed by atoms with Gasteiger partial charge in [0.25, 0.3) is 5.76 Å².